The van der Waals surface area contributed by atoms with E-state index in [9.17, 15) is 4.79 Å². The predicted octanol–water partition coefficient (Wildman–Crippen LogP) is 2.72. The fourth-order valence-corrected chi connectivity index (χ4v) is 2.81. The maximum absolute atomic E-state index is 12.0. The summed E-state index contributed by atoms with van der Waals surface area (Å²) in [6.07, 6.45) is 0. The average Bonchev–Trinajstić information content (AvgIpc) is 2.97. The topological polar surface area (TPSA) is 58.4 Å². The Hall–Kier alpha value is -2.01. The number of thiophene rings is 1. The minimum atomic E-state index is -0.0929. The van der Waals surface area contributed by atoms with Crippen LogP contribution >= 0.6 is 11.3 Å². The molecule has 0 fully saturated rings. The second kappa shape index (κ2) is 6.43. The van der Waals surface area contributed by atoms with E-state index in [1.165, 1.54) is 4.88 Å². The quantitative estimate of drug-likeness (QED) is 0.832. The van der Waals surface area contributed by atoms with Crippen LogP contribution in [0.3, 0.4) is 0 Å². The second-order valence-corrected chi connectivity index (χ2v) is 5.48. The molecule has 5 heteroatoms. The van der Waals surface area contributed by atoms with Crippen LogP contribution in [0, 0.1) is 0 Å². The van der Waals surface area contributed by atoms with Crippen molar-refractivity contribution in [3.63, 3.8) is 0 Å². The van der Waals surface area contributed by atoms with Crippen LogP contribution in [0.5, 0.6) is 0 Å². The van der Waals surface area contributed by atoms with Crippen LogP contribution in [0.25, 0.3) is 0 Å². The van der Waals surface area contributed by atoms with Gasteiger partial charge in [0.15, 0.2) is 0 Å². The van der Waals surface area contributed by atoms with Gasteiger partial charge in [0.2, 0.25) is 0 Å². The van der Waals surface area contributed by atoms with Gasteiger partial charge in [0.25, 0.3) is 5.91 Å². The van der Waals surface area contributed by atoms with Crippen molar-refractivity contribution < 1.29 is 4.79 Å². The molecule has 2 rings (SSSR count). The van der Waals surface area contributed by atoms with E-state index in [1.54, 1.807) is 30.5 Å². The van der Waals surface area contributed by atoms with Gasteiger partial charge in [-0.15, -0.1) is 11.3 Å². The lowest BCUT2D eigenvalue weighted by Gasteiger charge is -2.25. The maximum atomic E-state index is 12.0. The first-order valence-corrected chi connectivity index (χ1v) is 7.42. The van der Waals surface area contributed by atoms with Gasteiger partial charge in [-0.25, -0.2) is 0 Å². The number of hydrogen-bond donors (Lipinski definition) is 2. The van der Waals surface area contributed by atoms with E-state index in [-0.39, 0.29) is 5.91 Å². The van der Waals surface area contributed by atoms with Gasteiger partial charge in [-0.1, -0.05) is 6.07 Å². The number of hydrogen-bond acceptors (Lipinski definition) is 4. The molecule has 0 aliphatic heterocycles. The van der Waals surface area contributed by atoms with Crippen molar-refractivity contribution in [3.8, 4) is 0 Å². The van der Waals surface area contributed by atoms with E-state index in [4.69, 9.17) is 5.73 Å². The molecule has 0 spiro atoms. The van der Waals surface area contributed by atoms with E-state index in [2.05, 4.69) is 28.6 Å². The summed E-state index contributed by atoms with van der Waals surface area (Å²) >= 11 is 1.71. The van der Waals surface area contributed by atoms with E-state index in [0.29, 0.717) is 11.3 Å². The molecule has 20 heavy (non-hydrogen) atoms. The fraction of sp³-hybridized carbons (Fsp3) is 0.267. The van der Waals surface area contributed by atoms with Gasteiger partial charge in [0, 0.05) is 24.2 Å². The summed E-state index contributed by atoms with van der Waals surface area (Å²) in [5.74, 6) is -0.0929. The van der Waals surface area contributed by atoms with Crippen molar-refractivity contribution in [1.82, 2.24) is 5.32 Å². The SMILES string of the molecule is CCN(Cc1cccs1)c1cc(N)ccc1C(=O)NC. The fourth-order valence-electron chi connectivity index (χ4n) is 2.09. The molecule has 1 aromatic carbocycles. The van der Waals surface area contributed by atoms with Gasteiger partial charge >= 0.3 is 0 Å². The molecular formula is C15H19N3OS. The highest BCUT2D eigenvalue weighted by Gasteiger charge is 2.15. The van der Waals surface area contributed by atoms with Gasteiger partial charge < -0.3 is 16.0 Å². The van der Waals surface area contributed by atoms with Gasteiger partial charge in [-0.05, 0) is 36.6 Å². The van der Waals surface area contributed by atoms with E-state index in [0.717, 1.165) is 18.8 Å². The van der Waals surface area contributed by atoms with Crippen molar-refractivity contribution in [1.29, 1.82) is 0 Å². The zero-order valence-electron chi connectivity index (χ0n) is 11.7. The molecule has 3 N–H and O–H groups in total. The normalized spacial score (nSPS) is 10.3. The summed E-state index contributed by atoms with van der Waals surface area (Å²) in [4.78, 5) is 15.4. The Labute approximate surface area is 123 Å². The number of anilines is 2. The molecule has 0 aliphatic carbocycles. The maximum Gasteiger partial charge on any atom is 0.253 e. The predicted molar refractivity (Wildman–Crippen MR) is 85.3 cm³/mol. The first-order chi connectivity index (χ1) is 9.65. The van der Waals surface area contributed by atoms with Gasteiger partial charge in [0.05, 0.1) is 17.8 Å². The van der Waals surface area contributed by atoms with Gasteiger partial charge in [0.1, 0.15) is 0 Å². The van der Waals surface area contributed by atoms with Crippen LogP contribution in [-0.4, -0.2) is 19.5 Å². The smallest absolute Gasteiger partial charge is 0.253 e. The highest BCUT2D eigenvalue weighted by molar-refractivity contribution is 7.09. The Morgan fingerprint density at radius 1 is 1.40 bits per heavy atom. The molecule has 0 saturated carbocycles. The number of nitrogens with one attached hydrogen (secondary N) is 1. The van der Waals surface area contributed by atoms with Crippen molar-refractivity contribution >= 4 is 28.6 Å². The highest BCUT2D eigenvalue weighted by atomic mass is 32.1. The van der Waals surface area contributed by atoms with E-state index in [1.807, 2.05) is 12.1 Å². The summed E-state index contributed by atoms with van der Waals surface area (Å²) < 4.78 is 0. The number of rotatable bonds is 5. The molecule has 1 aromatic heterocycles. The minimum Gasteiger partial charge on any atom is -0.399 e. The number of benzene rings is 1. The summed E-state index contributed by atoms with van der Waals surface area (Å²) in [7, 11) is 1.64. The summed E-state index contributed by atoms with van der Waals surface area (Å²) in [6, 6.07) is 9.53. The summed E-state index contributed by atoms with van der Waals surface area (Å²) in [5.41, 5.74) is 8.07. The van der Waals surface area contributed by atoms with Crippen molar-refractivity contribution in [2.45, 2.75) is 13.5 Å². The first kappa shape index (κ1) is 14.4. The monoisotopic (exact) mass is 289 g/mol. The Morgan fingerprint density at radius 2 is 2.20 bits per heavy atom. The Kier molecular flexibility index (Phi) is 4.63. The Balaban J connectivity index is 2.37. The molecule has 2 aromatic rings. The molecule has 0 atom stereocenters. The molecule has 1 amide bonds. The molecule has 1 heterocycles. The molecule has 0 saturated heterocycles. The number of amides is 1. The molecule has 0 radical (unpaired) electrons. The third-order valence-corrected chi connectivity index (χ3v) is 4.00. The van der Waals surface area contributed by atoms with Crippen LogP contribution in [-0.2, 0) is 6.54 Å². The lowest BCUT2D eigenvalue weighted by molar-refractivity contribution is 0.0963. The third kappa shape index (κ3) is 3.11. The first-order valence-electron chi connectivity index (χ1n) is 6.54. The highest BCUT2D eigenvalue weighted by Crippen LogP contribution is 2.26. The van der Waals surface area contributed by atoms with Gasteiger partial charge in [-0.3, -0.25) is 4.79 Å². The summed E-state index contributed by atoms with van der Waals surface area (Å²) in [5, 5.41) is 4.73. The van der Waals surface area contributed by atoms with Crippen LogP contribution < -0.4 is 16.0 Å². The van der Waals surface area contributed by atoms with Crippen LogP contribution in [0.15, 0.2) is 35.7 Å². The number of nitrogens with two attached hydrogens (primary N) is 1. The van der Waals surface area contributed by atoms with Crippen LogP contribution in [0.2, 0.25) is 0 Å². The van der Waals surface area contributed by atoms with Crippen molar-refractivity contribution in [3.05, 3.63) is 46.2 Å². The second-order valence-electron chi connectivity index (χ2n) is 4.45. The molecule has 4 nitrogen and oxygen atoms in total. The lowest BCUT2D eigenvalue weighted by atomic mass is 10.1. The van der Waals surface area contributed by atoms with E-state index < -0.39 is 0 Å². The zero-order chi connectivity index (χ0) is 14.5. The zero-order valence-corrected chi connectivity index (χ0v) is 12.5. The lowest BCUT2D eigenvalue weighted by Crippen LogP contribution is -2.27. The standard InChI is InChI=1S/C15H19N3OS/c1-3-18(10-12-5-4-8-20-12)14-9-11(16)6-7-13(14)15(19)17-2/h4-9H,3,10,16H2,1-2H3,(H,17,19). The number of nitrogens with zero attached hydrogens (tertiary/aromatic N) is 1. The van der Waals surface area contributed by atoms with Gasteiger partial charge in [-0.2, -0.15) is 0 Å². The third-order valence-electron chi connectivity index (χ3n) is 3.14. The Bertz CT molecular complexity index is 581. The molecular weight excluding hydrogens is 270 g/mol. The Morgan fingerprint density at radius 3 is 2.80 bits per heavy atom. The number of carbonyl (C=O) groups is 1. The largest absolute Gasteiger partial charge is 0.399 e. The average molecular weight is 289 g/mol. The number of nitrogen functional groups attached to an aromatic ring is 1. The molecule has 0 unspecified atom stereocenters. The van der Waals surface area contributed by atoms with E-state index >= 15 is 0 Å². The van der Waals surface area contributed by atoms with Crippen molar-refractivity contribution in [2.24, 2.45) is 0 Å². The van der Waals surface area contributed by atoms with Crippen molar-refractivity contribution in [2.75, 3.05) is 24.2 Å². The van der Waals surface area contributed by atoms with Crippen LogP contribution in [0.4, 0.5) is 11.4 Å². The van der Waals surface area contributed by atoms with Crippen LogP contribution in [0.1, 0.15) is 22.2 Å². The molecule has 0 bridgehead atoms. The molecule has 0 aliphatic rings. The molecule has 106 valence electrons. The number of carbonyl (C=O) groups excluding carboxylic acids is 1. The summed E-state index contributed by atoms with van der Waals surface area (Å²) in [6.45, 7) is 3.66. The minimum absolute atomic E-state index is 0.0929.